The van der Waals surface area contributed by atoms with E-state index in [4.69, 9.17) is 0 Å². The van der Waals surface area contributed by atoms with Crippen molar-refractivity contribution in [2.24, 2.45) is 0 Å². The molecule has 18 heavy (non-hydrogen) atoms. The van der Waals surface area contributed by atoms with Crippen molar-refractivity contribution in [1.29, 1.82) is 0 Å². The minimum atomic E-state index is -0.535. The Morgan fingerprint density at radius 3 is 2.61 bits per heavy atom. The van der Waals surface area contributed by atoms with Gasteiger partial charge in [0, 0.05) is 22.3 Å². The summed E-state index contributed by atoms with van der Waals surface area (Å²) in [5, 5.41) is 10.4. The Balaban J connectivity index is 2.25. The highest BCUT2D eigenvalue weighted by Gasteiger charge is 2.19. The van der Waals surface area contributed by atoms with E-state index in [1.165, 1.54) is 0 Å². The van der Waals surface area contributed by atoms with Crippen molar-refractivity contribution in [2.45, 2.75) is 25.9 Å². The van der Waals surface area contributed by atoms with Crippen molar-refractivity contribution >= 4 is 15.9 Å². The van der Waals surface area contributed by atoms with Gasteiger partial charge in [-0.05, 0) is 36.2 Å². The number of benzene rings is 1. The van der Waals surface area contributed by atoms with E-state index >= 15 is 0 Å². The third kappa shape index (κ3) is 2.79. The highest BCUT2D eigenvalue weighted by Crippen LogP contribution is 2.31. The zero-order chi connectivity index (χ0) is 13.1. The first-order valence-corrected chi connectivity index (χ1v) is 6.74. The van der Waals surface area contributed by atoms with E-state index in [-0.39, 0.29) is 5.92 Å². The van der Waals surface area contributed by atoms with Gasteiger partial charge in [0.05, 0.1) is 6.10 Å². The molecule has 0 fully saturated rings. The average Bonchev–Trinajstić information content (AvgIpc) is 2.41. The van der Waals surface area contributed by atoms with Crippen LogP contribution in [-0.4, -0.2) is 10.1 Å². The van der Waals surface area contributed by atoms with Gasteiger partial charge in [-0.15, -0.1) is 0 Å². The van der Waals surface area contributed by atoms with E-state index in [9.17, 15) is 5.11 Å². The van der Waals surface area contributed by atoms with Gasteiger partial charge in [-0.1, -0.05) is 41.1 Å². The monoisotopic (exact) mass is 305 g/mol. The Morgan fingerprint density at radius 1 is 1.22 bits per heavy atom. The maximum Gasteiger partial charge on any atom is 0.0871 e. The summed E-state index contributed by atoms with van der Waals surface area (Å²) in [6, 6.07) is 11.7. The molecule has 0 saturated heterocycles. The molecule has 2 atom stereocenters. The largest absolute Gasteiger partial charge is 0.388 e. The molecule has 0 aliphatic heterocycles. The predicted molar refractivity (Wildman–Crippen MR) is 76.5 cm³/mol. The Kier molecular flexibility index (Phi) is 4.15. The Morgan fingerprint density at radius 2 is 2.00 bits per heavy atom. The first-order valence-electron chi connectivity index (χ1n) is 5.94. The molecule has 2 unspecified atom stereocenters. The lowest BCUT2D eigenvalue weighted by molar-refractivity contribution is 0.150. The van der Waals surface area contributed by atoms with Crippen LogP contribution in [0.5, 0.6) is 0 Å². The summed E-state index contributed by atoms with van der Waals surface area (Å²) in [7, 11) is 0. The summed E-state index contributed by atoms with van der Waals surface area (Å²) in [4.78, 5) is 4.30. The van der Waals surface area contributed by atoms with E-state index < -0.39 is 6.10 Å². The van der Waals surface area contributed by atoms with Crippen molar-refractivity contribution in [3.05, 3.63) is 63.9 Å². The van der Waals surface area contributed by atoms with Crippen molar-refractivity contribution < 1.29 is 5.11 Å². The van der Waals surface area contributed by atoms with Gasteiger partial charge in [0.2, 0.25) is 0 Å². The second kappa shape index (κ2) is 5.63. The fourth-order valence-electron chi connectivity index (χ4n) is 1.95. The molecule has 0 spiro atoms. The molecule has 2 aromatic rings. The number of hydrogen-bond donors (Lipinski definition) is 1. The van der Waals surface area contributed by atoms with Crippen LogP contribution in [0.3, 0.4) is 0 Å². The second-order valence-corrected chi connectivity index (χ2v) is 5.35. The molecule has 0 amide bonds. The van der Waals surface area contributed by atoms with Gasteiger partial charge < -0.3 is 5.11 Å². The highest BCUT2D eigenvalue weighted by molar-refractivity contribution is 9.10. The molecule has 1 heterocycles. The molecule has 1 aromatic carbocycles. The topological polar surface area (TPSA) is 33.1 Å². The van der Waals surface area contributed by atoms with Crippen LogP contribution >= 0.6 is 15.9 Å². The van der Waals surface area contributed by atoms with Crippen LogP contribution in [0, 0.1) is 6.92 Å². The van der Waals surface area contributed by atoms with Crippen LogP contribution in [0.25, 0.3) is 0 Å². The summed E-state index contributed by atoms with van der Waals surface area (Å²) in [6.45, 7) is 4.01. The molecule has 1 aromatic heterocycles. The number of hydrogen-bond acceptors (Lipinski definition) is 2. The molecule has 0 aliphatic carbocycles. The van der Waals surface area contributed by atoms with Crippen LogP contribution in [0.2, 0.25) is 0 Å². The molecule has 0 aliphatic rings. The number of pyridine rings is 1. The Bertz CT molecular complexity index is 527. The molecular formula is C15H16BrNO. The highest BCUT2D eigenvalue weighted by atomic mass is 79.9. The smallest absolute Gasteiger partial charge is 0.0871 e. The van der Waals surface area contributed by atoms with E-state index in [0.29, 0.717) is 0 Å². The number of halogens is 1. The molecule has 2 rings (SSSR count). The van der Waals surface area contributed by atoms with Gasteiger partial charge in [0.15, 0.2) is 0 Å². The summed E-state index contributed by atoms with van der Waals surface area (Å²) < 4.78 is 1.06. The van der Waals surface area contributed by atoms with Crippen LogP contribution in [0.15, 0.2) is 47.1 Å². The molecule has 0 saturated carbocycles. The Hall–Kier alpha value is -1.19. The molecule has 0 bridgehead atoms. The fourth-order valence-corrected chi connectivity index (χ4v) is 2.19. The SMILES string of the molecule is Cc1cc(C(O)C(C)c2ccccn2)ccc1Br. The fraction of sp³-hybridized carbons (Fsp3) is 0.267. The molecule has 2 nitrogen and oxygen atoms in total. The van der Waals surface area contributed by atoms with Crippen molar-refractivity contribution in [2.75, 3.05) is 0 Å². The van der Waals surface area contributed by atoms with Crippen LogP contribution in [-0.2, 0) is 0 Å². The maximum absolute atomic E-state index is 10.4. The van der Waals surface area contributed by atoms with Crippen LogP contribution in [0.4, 0.5) is 0 Å². The van der Waals surface area contributed by atoms with Gasteiger partial charge in [-0.3, -0.25) is 4.98 Å². The van der Waals surface area contributed by atoms with Crippen molar-refractivity contribution in [3.63, 3.8) is 0 Å². The van der Waals surface area contributed by atoms with Gasteiger partial charge in [0.1, 0.15) is 0 Å². The number of rotatable bonds is 3. The number of aromatic nitrogens is 1. The first-order chi connectivity index (χ1) is 8.59. The normalized spacial score (nSPS) is 14.2. The van der Waals surface area contributed by atoms with Crippen LogP contribution in [0.1, 0.15) is 35.8 Å². The lowest BCUT2D eigenvalue weighted by Crippen LogP contribution is -2.09. The van der Waals surface area contributed by atoms with E-state index in [0.717, 1.165) is 21.3 Å². The zero-order valence-electron chi connectivity index (χ0n) is 10.5. The summed E-state index contributed by atoms with van der Waals surface area (Å²) >= 11 is 3.47. The lowest BCUT2D eigenvalue weighted by Gasteiger charge is -2.19. The minimum Gasteiger partial charge on any atom is -0.388 e. The third-order valence-corrected chi connectivity index (χ3v) is 4.04. The molecule has 3 heteroatoms. The summed E-state index contributed by atoms with van der Waals surface area (Å²) in [5.41, 5.74) is 2.96. The van der Waals surface area contributed by atoms with Crippen molar-refractivity contribution in [1.82, 2.24) is 4.98 Å². The number of aryl methyl sites for hydroxylation is 1. The van der Waals surface area contributed by atoms with E-state index in [1.54, 1.807) is 6.20 Å². The molecule has 94 valence electrons. The van der Waals surface area contributed by atoms with E-state index in [1.807, 2.05) is 50.2 Å². The lowest BCUT2D eigenvalue weighted by atomic mass is 9.93. The first kappa shape index (κ1) is 13.2. The molecule has 1 N–H and O–H groups in total. The maximum atomic E-state index is 10.4. The van der Waals surface area contributed by atoms with Gasteiger partial charge in [-0.2, -0.15) is 0 Å². The summed E-state index contributed by atoms with van der Waals surface area (Å²) in [5.74, 6) is -0.0215. The number of nitrogens with zero attached hydrogens (tertiary/aromatic N) is 1. The predicted octanol–water partition coefficient (Wildman–Crippen LogP) is 3.99. The average molecular weight is 306 g/mol. The third-order valence-electron chi connectivity index (χ3n) is 3.15. The Labute approximate surface area is 116 Å². The van der Waals surface area contributed by atoms with Gasteiger partial charge in [-0.25, -0.2) is 0 Å². The quantitative estimate of drug-likeness (QED) is 0.930. The summed E-state index contributed by atoms with van der Waals surface area (Å²) in [6.07, 6.45) is 1.22. The van der Waals surface area contributed by atoms with Gasteiger partial charge >= 0.3 is 0 Å². The zero-order valence-corrected chi connectivity index (χ0v) is 12.1. The minimum absolute atomic E-state index is 0.0215. The molecular weight excluding hydrogens is 290 g/mol. The van der Waals surface area contributed by atoms with Crippen molar-refractivity contribution in [3.8, 4) is 0 Å². The standard InChI is InChI=1S/C15H16BrNO/c1-10-9-12(6-7-13(10)16)15(18)11(2)14-5-3-4-8-17-14/h3-9,11,15,18H,1-2H3. The number of aliphatic hydroxyl groups is 1. The van der Waals surface area contributed by atoms with E-state index in [2.05, 4.69) is 20.9 Å². The second-order valence-electron chi connectivity index (χ2n) is 4.50. The van der Waals surface area contributed by atoms with Crippen LogP contribution < -0.4 is 0 Å². The molecule has 0 radical (unpaired) electrons. The van der Waals surface area contributed by atoms with Gasteiger partial charge in [0.25, 0.3) is 0 Å². The number of aliphatic hydroxyl groups excluding tert-OH is 1.